The quantitative estimate of drug-likeness (QED) is 0.291. The maximum atomic E-state index is 15.3. The van der Waals surface area contributed by atoms with E-state index in [1.807, 2.05) is 14.0 Å². The van der Waals surface area contributed by atoms with Crippen molar-refractivity contribution in [2.24, 2.45) is 5.92 Å². The smallest absolute Gasteiger partial charge is 0.351 e. The predicted molar refractivity (Wildman–Crippen MR) is 178 cm³/mol. The molecule has 4 rings (SSSR count). The van der Waals surface area contributed by atoms with E-state index in [1.165, 1.54) is 13.2 Å². The second-order valence-electron chi connectivity index (χ2n) is 12.8. The second-order valence-corrected chi connectivity index (χ2v) is 12.8. The molecular formula is C35H48F2N6O5. The molecule has 0 spiro atoms. The van der Waals surface area contributed by atoms with E-state index >= 15 is 8.78 Å². The van der Waals surface area contributed by atoms with Crippen molar-refractivity contribution in [2.75, 3.05) is 45.7 Å². The Morgan fingerprint density at radius 1 is 0.958 bits per heavy atom. The number of methoxy groups -OCH3 is 1. The molecule has 1 saturated carbocycles. The maximum Gasteiger partial charge on any atom is 0.351 e. The highest BCUT2D eigenvalue weighted by Crippen LogP contribution is 2.31. The van der Waals surface area contributed by atoms with Gasteiger partial charge in [-0.1, -0.05) is 51.7 Å². The van der Waals surface area contributed by atoms with Crippen LogP contribution in [0.1, 0.15) is 75.8 Å². The standard InChI is InChI=1S/C35H48F2N6O5/c1-5-28(44)40-30(33(46)43-20-18-42(3)19-21-43)23(2)24-12-15-27(16-13-24)39-32(45)31(25-10-8-6-7-9-11-25)41-34(47)35(36,37)26-14-17-29(48-4)38-22-26/h12-17,22-23,25,30-31H,5-11,18-21H2,1-4H3,(H,39,45)(H,40,44)(H,41,47)/t23-,30+,31-/m0/s1. The van der Waals surface area contributed by atoms with Gasteiger partial charge in [-0.15, -0.1) is 0 Å². The molecule has 2 fully saturated rings. The van der Waals surface area contributed by atoms with Crippen molar-refractivity contribution in [3.63, 3.8) is 0 Å². The van der Waals surface area contributed by atoms with Crippen LogP contribution in [0.2, 0.25) is 0 Å². The van der Waals surface area contributed by atoms with Crippen LogP contribution in [0.5, 0.6) is 5.88 Å². The van der Waals surface area contributed by atoms with Crippen LogP contribution < -0.4 is 20.7 Å². The first kappa shape index (κ1) is 36.7. The van der Waals surface area contributed by atoms with Crippen LogP contribution in [0.15, 0.2) is 42.6 Å². The third-order valence-corrected chi connectivity index (χ3v) is 9.46. The van der Waals surface area contributed by atoms with E-state index < -0.39 is 35.4 Å². The minimum absolute atomic E-state index is 0.133. The molecule has 1 aliphatic heterocycles. The summed E-state index contributed by atoms with van der Waals surface area (Å²) in [5.74, 6) is -7.00. The van der Waals surface area contributed by atoms with Gasteiger partial charge in [-0.05, 0) is 49.6 Å². The molecule has 1 saturated heterocycles. The molecular weight excluding hydrogens is 622 g/mol. The average molecular weight is 671 g/mol. The first-order valence-electron chi connectivity index (χ1n) is 16.8. The highest BCUT2D eigenvalue weighted by molar-refractivity contribution is 5.98. The Balaban J connectivity index is 1.49. The Labute approximate surface area is 281 Å². The lowest BCUT2D eigenvalue weighted by molar-refractivity contribution is -0.149. The Bertz CT molecular complexity index is 1390. The van der Waals surface area contributed by atoms with Gasteiger partial charge in [-0.3, -0.25) is 19.2 Å². The monoisotopic (exact) mass is 670 g/mol. The minimum atomic E-state index is -3.92. The summed E-state index contributed by atoms with van der Waals surface area (Å²) >= 11 is 0. The number of nitrogens with zero attached hydrogens (tertiary/aromatic N) is 3. The lowest BCUT2D eigenvalue weighted by Gasteiger charge is -2.36. The van der Waals surface area contributed by atoms with E-state index in [4.69, 9.17) is 4.74 Å². The molecule has 1 aromatic heterocycles. The van der Waals surface area contributed by atoms with Crippen molar-refractivity contribution < 1.29 is 32.7 Å². The summed E-state index contributed by atoms with van der Waals surface area (Å²) in [5.41, 5.74) is 0.581. The van der Waals surface area contributed by atoms with Gasteiger partial charge in [0.1, 0.15) is 12.1 Å². The van der Waals surface area contributed by atoms with Gasteiger partial charge >= 0.3 is 5.92 Å². The van der Waals surface area contributed by atoms with Crippen molar-refractivity contribution >= 4 is 29.3 Å². The fourth-order valence-electron chi connectivity index (χ4n) is 6.27. The molecule has 1 aliphatic carbocycles. The lowest BCUT2D eigenvalue weighted by Crippen LogP contribution is -2.55. The zero-order valence-corrected chi connectivity index (χ0v) is 28.3. The van der Waals surface area contributed by atoms with Crippen LogP contribution in [0.3, 0.4) is 0 Å². The summed E-state index contributed by atoms with van der Waals surface area (Å²) in [6.07, 6.45) is 5.99. The van der Waals surface area contributed by atoms with E-state index in [9.17, 15) is 19.2 Å². The molecule has 13 heteroatoms. The largest absolute Gasteiger partial charge is 0.481 e. The van der Waals surface area contributed by atoms with Gasteiger partial charge in [0.25, 0.3) is 5.91 Å². The summed E-state index contributed by atoms with van der Waals surface area (Å²) in [7, 11) is 3.36. The number of halogens is 2. The molecule has 1 aromatic carbocycles. The maximum absolute atomic E-state index is 15.3. The fraction of sp³-hybridized carbons (Fsp3) is 0.571. The third kappa shape index (κ3) is 9.27. The first-order valence-corrected chi connectivity index (χ1v) is 16.8. The van der Waals surface area contributed by atoms with Crippen LogP contribution in [-0.4, -0.2) is 90.8 Å². The Hall–Kier alpha value is -4.13. The number of nitrogens with one attached hydrogen (secondary N) is 3. The van der Waals surface area contributed by atoms with Gasteiger partial charge in [0.05, 0.1) is 7.11 Å². The van der Waals surface area contributed by atoms with Crippen LogP contribution in [0.4, 0.5) is 14.5 Å². The first-order chi connectivity index (χ1) is 22.9. The summed E-state index contributed by atoms with van der Waals surface area (Å²) < 4.78 is 35.5. The lowest BCUT2D eigenvalue weighted by atomic mass is 9.90. The second kappa shape index (κ2) is 16.8. The number of likely N-dealkylation sites (N-methyl/N-ethyl adjacent to an activating group) is 1. The molecule has 3 atom stereocenters. The van der Waals surface area contributed by atoms with Gasteiger partial charge in [0.15, 0.2) is 0 Å². The van der Waals surface area contributed by atoms with Crippen molar-refractivity contribution in [1.29, 1.82) is 0 Å². The van der Waals surface area contributed by atoms with Gasteiger partial charge in [0.2, 0.25) is 23.6 Å². The number of hydrogen-bond donors (Lipinski definition) is 3. The van der Waals surface area contributed by atoms with Crippen LogP contribution in [-0.2, 0) is 25.1 Å². The van der Waals surface area contributed by atoms with E-state index in [2.05, 4.69) is 25.8 Å². The molecule has 0 bridgehead atoms. The van der Waals surface area contributed by atoms with Gasteiger partial charge in [0, 0.05) is 62.0 Å². The highest BCUT2D eigenvalue weighted by atomic mass is 19.3. The van der Waals surface area contributed by atoms with Gasteiger partial charge < -0.3 is 30.5 Å². The number of ether oxygens (including phenoxy) is 1. The van der Waals surface area contributed by atoms with Crippen molar-refractivity contribution in [1.82, 2.24) is 25.4 Å². The van der Waals surface area contributed by atoms with Gasteiger partial charge in [-0.2, -0.15) is 8.78 Å². The molecule has 3 N–H and O–H groups in total. The number of amides is 4. The van der Waals surface area contributed by atoms with E-state index in [1.54, 1.807) is 36.1 Å². The number of carbonyl (C=O) groups is 4. The number of hydrogen-bond acceptors (Lipinski definition) is 7. The fourth-order valence-corrected chi connectivity index (χ4v) is 6.27. The van der Waals surface area contributed by atoms with Gasteiger partial charge in [-0.25, -0.2) is 4.98 Å². The average Bonchev–Trinajstić information content (AvgIpc) is 3.39. The number of piperazine rings is 1. The molecule has 48 heavy (non-hydrogen) atoms. The number of alkyl halides is 2. The number of benzene rings is 1. The molecule has 4 amide bonds. The highest BCUT2D eigenvalue weighted by Gasteiger charge is 2.44. The van der Waals surface area contributed by atoms with E-state index in [0.29, 0.717) is 31.6 Å². The molecule has 2 aromatic rings. The molecule has 11 nitrogen and oxygen atoms in total. The third-order valence-electron chi connectivity index (χ3n) is 9.46. The summed E-state index contributed by atoms with van der Waals surface area (Å²) in [6.45, 7) is 6.26. The molecule has 0 unspecified atom stereocenters. The summed E-state index contributed by atoms with van der Waals surface area (Å²) in [5, 5.41) is 8.08. The topological polar surface area (TPSA) is 133 Å². The Morgan fingerprint density at radius 2 is 1.60 bits per heavy atom. The van der Waals surface area contributed by atoms with Crippen molar-refractivity contribution in [3.8, 4) is 5.88 Å². The van der Waals surface area contributed by atoms with Crippen LogP contribution >= 0.6 is 0 Å². The molecule has 0 radical (unpaired) electrons. The number of anilines is 1. The number of rotatable bonds is 12. The number of aromatic nitrogens is 1. The predicted octanol–water partition coefficient (Wildman–Crippen LogP) is 4.05. The van der Waals surface area contributed by atoms with Crippen molar-refractivity contribution in [2.45, 2.75) is 82.7 Å². The number of pyridine rings is 1. The number of carbonyl (C=O) groups excluding carboxylic acids is 4. The molecule has 262 valence electrons. The van der Waals surface area contributed by atoms with Crippen LogP contribution in [0, 0.1) is 5.92 Å². The Morgan fingerprint density at radius 3 is 2.17 bits per heavy atom. The SMILES string of the molecule is CCC(=O)N[C@@H](C(=O)N1CCN(C)CC1)[C@@H](C)c1ccc(NC(=O)[C@@H](NC(=O)C(F)(F)c2ccc(OC)nc2)C2CCCCCC2)cc1. The normalized spacial score (nSPS) is 18.2. The molecule has 2 heterocycles. The summed E-state index contributed by atoms with van der Waals surface area (Å²) in [4.78, 5) is 60.4. The summed E-state index contributed by atoms with van der Waals surface area (Å²) in [6, 6.07) is 7.27. The Kier molecular flexibility index (Phi) is 12.9. The van der Waals surface area contributed by atoms with E-state index in [-0.39, 0.29) is 36.0 Å². The van der Waals surface area contributed by atoms with Crippen molar-refractivity contribution in [3.05, 3.63) is 53.7 Å². The van der Waals surface area contributed by atoms with E-state index in [0.717, 1.165) is 56.6 Å². The zero-order chi connectivity index (χ0) is 34.8. The zero-order valence-electron chi connectivity index (χ0n) is 28.3. The minimum Gasteiger partial charge on any atom is -0.481 e. The van der Waals surface area contributed by atoms with Crippen LogP contribution in [0.25, 0.3) is 0 Å². The molecule has 2 aliphatic rings.